The molecule has 0 spiro atoms. The first-order chi connectivity index (χ1) is 11.4. The van der Waals surface area contributed by atoms with Crippen molar-refractivity contribution in [3.05, 3.63) is 0 Å². The Labute approximate surface area is 151 Å². The standard InChI is InChI=1S/C20H36O5/c1-6-14(22)12-15-17(2,3)8-7-9-18(15,4)20(24)11-10-19(5,25-20)16(23)13-21/h15-16,21,23-24H,6-13H2,1-5H3/t15-,16+,18-,19+,20?/m0/s1. The lowest BCUT2D eigenvalue weighted by molar-refractivity contribution is -0.317. The van der Waals surface area contributed by atoms with Gasteiger partial charge in [-0.05, 0) is 37.5 Å². The van der Waals surface area contributed by atoms with Gasteiger partial charge in [0.05, 0.1) is 12.2 Å². The molecule has 5 heteroatoms. The molecular weight excluding hydrogens is 320 g/mol. The van der Waals surface area contributed by atoms with E-state index in [4.69, 9.17) is 4.74 Å². The molecule has 0 amide bonds. The summed E-state index contributed by atoms with van der Waals surface area (Å²) >= 11 is 0. The van der Waals surface area contributed by atoms with Crippen LogP contribution >= 0.6 is 0 Å². The van der Waals surface area contributed by atoms with Crippen molar-refractivity contribution in [1.82, 2.24) is 0 Å². The molecule has 5 nitrogen and oxygen atoms in total. The summed E-state index contributed by atoms with van der Waals surface area (Å²) in [7, 11) is 0. The first-order valence-electron chi connectivity index (χ1n) is 9.67. The van der Waals surface area contributed by atoms with E-state index in [-0.39, 0.29) is 17.1 Å². The summed E-state index contributed by atoms with van der Waals surface area (Å²) in [6.45, 7) is 9.63. The summed E-state index contributed by atoms with van der Waals surface area (Å²) in [5.41, 5.74) is -1.59. The molecule has 1 heterocycles. The molecule has 2 rings (SSSR count). The first kappa shape index (κ1) is 20.8. The predicted molar refractivity (Wildman–Crippen MR) is 95.9 cm³/mol. The minimum Gasteiger partial charge on any atom is -0.394 e. The second kappa shape index (κ2) is 6.91. The van der Waals surface area contributed by atoms with Gasteiger partial charge in [-0.1, -0.05) is 34.1 Å². The number of ketones is 1. The van der Waals surface area contributed by atoms with Gasteiger partial charge in [0.2, 0.25) is 0 Å². The van der Waals surface area contributed by atoms with Crippen LogP contribution in [0.1, 0.15) is 79.6 Å². The minimum atomic E-state index is -1.39. The Morgan fingerprint density at radius 2 is 1.80 bits per heavy atom. The molecule has 1 saturated carbocycles. The van der Waals surface area contributed by atoms with Crippen molar-refractivity contribution in [2.45, 2.75) is 97.1 Å². The van der Waals surface area contributed by atoms with E-state index in [1.165, 1.54) is 0 Å². The molecule has 5 atom stereocenters. The van der Waals surface area contributed by atoms with E-state index in [9.17, 15) is 20.1 Å². The lowest BCUT2D eigenvalue weighted by Gasteiger charge is -2.56. The molecule has 0 bridgehead atoms. The Hall–Kier alpha value is -0.490. The maximum atomic E-state index is 12.3. The molecule has 1 saturated heterocycles. The van der Waals surface area contributed by atoms with Gasteiger partial charge in [0.1, 0.15) is 11.9 Å². The van der Waals surface area contributed by atoms with Crippen LogP contribution in [0.4, 0.5) is 0 Å². The number of hydrogen-bond donors (Lipinski definition) is 3. The van der Waals surface area contributed by atoms with Crippen molar-refractivity contribution in [3.63, 3.8) is 0 Å². The van der Waals surface area contributed by atoms with Crippen molar-refractivity contribution in [2.24, 2.45) is 16.7 Å². The topological polar surface area (TPSA) is 87.0 Å². The van der Waals surface area contributed by atoms with Crippen molar-refractivity contribution < 1.29 is 24.9 Å². The minimum absolute atomic E-state index is 0.0137. The van der Waals surface area contributed by atoms with Gasteiger partial charge in [0.25, 0.3) is 0 Å². The molecule has 1 aliphatic heterocycles. The highest BCUT2D eigenvalue weighted by Gasteiger charge is 2.63. The summed E-state index contributed by atoms with van der Waals surface area (Å²) < 4.78 is 6.10. The normalized spacial score (nSPS) is 42.3. The van der Waals surface area contributed by atoms with Crippen LogP contribution < -0.4 is 0 Å². The number of carbonyl (C=O) groups is 1. The molecule has 0 aromatic heterocycles. The summed E-state index contributed by atoms with van der Waals surface area (Å²) in [5, 5.41) is 31.0. The number of hydrogen-bond acceptors (Lipinski definition) is 5. The third-order valence-corrected chi connectivity index (χ3v) is 7.19. The van der Waals surface area contributed by atoms with Crippen molar-refractivity contribution in [3.8, 4) is 0 Å². The molecule has 0 radical (unpaired) electrons. The summed E-state index contributed by atoms with van der Waals surface area (Å²) in [5.74, 6) is -1.17. The van der Waals surface area contributed by atoms with E-state index in [0.717, 1.165) is 19.3 Å². The average molecular weight is 357 g/mol. The maximum absolute atomic E-state index is 12.3. The fraction of sp³-hybridized carbons (Fsp3) is 0.950. The lowest BCUT2D eigenvalue weighted by atomic mass is 9.52. The number of aliphatic hydroxyl groups excluding tert-OH is 2. The molecule has 146 valence electrons. The molecule has 1 unspecified atom stereocenters. The van der Waals surface area contributed by atoms with Crippen molar-refractivity contribution in [1.29, 1.82) is 0 Å². The summed E-state index contributed by atoms with van der Waals surface area (Å²) in [6.07, 6.45) is 3.60. The number of Topliss-reactive ketones (excluding diaryl/α,β-unsaturated/α-hetero) is 1. The molecule has 3 N–H and O–H groups in total. The van der Waals surface area contributed by atoms with E-state index in [0.29, 0.717) is 25.7 Å². The van der Waals surface area contributed by atoms with E-state index in [2.05, 4.69) is 13.8 Å². The van der Waals surface area contributed by atoms with E-state index in [1.54, 1.807) is 6.92 Å². The van der Waals surface area contributed by atoms with Gasteiger partial charge >= 0.3 is 0 Å². The first-order valence-corrected chi connectivity index (χ1v) is 9.67. The largest absolute Gasteiger partial charge is 0.394 e. The van der Waals surface area contributed by atoms with Crippen LogP contribution in [0.5, 0.6) is 0 Å². The van der Waals surface area contributed by atoms with Crippen molar-refractivity contribution >= 4 is 5.78 Å². The number of aliphatic hydroxyl groups is 3. The monoisotopic (exact) mass is 356 g/mol. The van der Waals surface area contributed by atoms with Crippen LogP contribution in [0.2, 0.25) is 0 Å². The summed E-state index contributed by atoms with van der Waals surface area (Å²) in [6, 6.07) is 0. The third kappa shape index (κ3) is 3.53. The highest BCUT2D eigenvalue weighted by Crippen LogP contribution is 2.61. The zero-order valence-electron chi connectivity index (χ0n) is 16.5. The average Bonchev–Trinajstić information content (AvgIpc) is 2.88. The van der Waals surface area contributed by atoms with Gasteiger partial charge in [0.15, 0.2) is 5.79 Å². The Morgan fingerprint density at radius 1 is 1.16 bits per heavy atom. The van der Waals surface area contributed by atoms with Gasteiger partial charge in [-0.3, -0.25) is 4.79 Å². The number of rotatable bonds is 6. The summed E-state index contributed by atoms with van der Waals surface area (Å²) in [4.78, 5) is 12.3. The zero-order chi connectivity index (χ0) is 19.1. The second-order valence-electron chi connectivity index (χ2n) is 9.31. The molecule has 2 aliphatic rings. The van der Waals surface area contributed by atoms with Crippen LogP contribution in [0.15, 0.2) is 0 Å². The van der Waals surface area contributed by atoms with E-state index in [1.807, 2.05) is 13.8 Å². The SMILES string of the molecule is CCC(=O)C[C@H]1C(C)(C)CCC[C@]1(C)C1(O)CC[C@](C)([C@H](O)CO)O1. The lowest BCUT2D eigenvalue weighted by Crippen LogP contribution is -2.58. The van der Waals surface area contributed by atoms with E-state index < -0.39 is 29.5 Å². The molecular formula is C20H36O5. The highest BCUT2D eigenvalue weighted by molar-refractivity contribution is 5.78. The Kier molecular flexibility index (Phi) is 5.76. The Morgan fingerprint density at radius 3 is 2.36 bits per heavy atom. The van der Waals surface area contributed by atoms with Gasteiger partial charge in [0, 0.05) is 24.7 Å². The van der Waals surface area contributed by atoms with Gasteiger partial charge < -0.3 is 20.1 Å². The van der Waals surface area contributed by atoms with Crippen LogP contribution in [0.25, 0.3) is 0 Å². The number of ether oxygens (including phenoxy) is 1. The van der Waals surface area contributed by atoms with Crippen LogP contribution in [0, 0.1) is 16.7 Å². The van der Waals surface area contributed by atoms with E-state index >= 15 is 0 Å². The second-order valence-corrected chi connectivity index (χ2v) is 9.31. The fourth-order valence-electron chi connectivity index (χ4n) is 5.20. The fourth-order valence-corrected chi connectivity index (χ4v) is 5.20. The van der Waals surface area contributed by atoms with Crippen molar-refractivity contribution in [2.75, 3.05) is 6.61 Å². The third-order valence-electron chi connectivity index (χ3n) is 7.19. The molecule has 0 aromatic carbocycles. The number of carbonyl (C=O) groups excluding carboxylic acids is 1. The molecule has 0 aromatic rings. The molecule has 2 fully saturated rings. The zero-order valence-corrected chi connectivity index (χ0v) is 16.5. The quantitative estimate of drug-likeness (QED) is 0.681. The Bertz CT molecular complexity index is 504. The van der Waals surface area contributed by atoms with Gasteiger partial charge in [-0.15, -0.1) is 0 Å². The van der Waals surface area contributed by atoms with Crippen LogP contribution in [-0.2, 0) is 9.53 Å². The predicted octanol–water partition coefficient (Wildman–Crippen LogP) is 2.80. The van der Waals surface area contributed by atoms with Gasteiger partial charge in [-0.2, -0.15) is 0 Å². The van der Waals surface area contributed by atoms with Gasteiger partial charge in [-0.25, -0.2) is 0 Å². The smallest absolute Gasteiger partial charge is 0.172 e. The maximum Gasteiger partial charge on any atom is 0.172 e. The Balaban J connectivity index is 2.37. The molecule has 25 heavy (non-hydrogen) atoms. The molecule has 1 aliphatic carbocycles. The highest BCUT2D eigenvalue weighted by atomic mass is 16.7. The van der Waals surface area contributed by atoms with Crippen LogP contribution in [-0.4, -0.2) is 45.2 Å². The van der Waals surface area contributed by atoms with Crippen LogP contribution in [0.3, 0.4) is 0 Å².